The van der Waals surface area contributed by atoms with Gasteiger partial charge in [0, 0.05) is 34.8 Å². The number of hydrogen-bond donors (Lipinski definition) is 3. The molecule has 38 heavy (non-hydrogen) atoms. The minimum absolute atomic E-state index is 0.0207. The minimum Gasteiger partial charge on any atom is -0.481 e. The summed E-state index contributed by atoms with van der Waals surface area (Å²) in [6, 6.07) is 20.9. The lowest BCUT2D eigenvalue weighted by atomic mass is 9.99. The first kappa shape index (κ1) is 26.7. The number of carboxylic acids is 1. The van der Waals surface area contributed by atoms with Crippen molar-refractivity contribution < 1.29 is 23.8 Å². The van der Waals surface area contributed by atoms with Crippen LogP contribution in [-0.2, 0) is 4.79 Å². The largest absolute Gasteiger partial charge is 0.481 e. The summed E-state index contributed by atoms with van der Waals surface area (Å²) in [5.41, 5.74) is 3.94. The van der Waals surface area contributed by atoms with Crippen molar-refractivity contribution in [3.05, 3.63) is 78.0 Å². The monoisotopic (exact) mass is 515 g/mol. The third kappa shape index (κ3) is 6.70. The van der Waals surface area contributed by atoms with E-state index in [4.69, 9.17) is 14.3 Å². The zero-order valence-electron chi connectivity index (χ0n) is 21.9. The van der Waals surface area contributed by atoms with Gasteiger partial charge in [0.2, 0.25) is 5.88 Å². The Bertz CT molecular complexity index is 1360. The Balaban J connectivity index is 1.38. The Labute approximate surface area is 222 Å². The van der Waals surface area contributed by atoms with Crippen LogP contribution in [0.25, 0.3) is 22.3 Å². The van der Waals surface area contributed by atoms with Gasteiger partial charge in [0.05, 0.1) is 18.2 Å². The number of aromatic nitrogens is 1. The van der Waals surface area contributed by atoms with Crippen LogP contribution < -0.4 is 15.4 Å². The highest BCUT2D eigenvalue weighted by molar-refractivity contribution is 5.94. The van der Waals surface area contributed by atoms with Crippen LogP contribution in [0.5, 0.6) is 5.88 Å². The molecule has 2 atom stereocenters. The van der Waals surface area contributed by atoms with Gasteiger partial charge in [-0.3, -0.25) is 9.59 Å². The molecule has 8 nitrogen and oxygen atoms in total. The Hall–Kier alpha value is -4.33. The second-order valence-corrected chi connectivity index (χ2v) is 9.36. The predicted molar refractivity (Wildman–Crippen MR) is 148 cm³/mol. The highest BCUT2D eigenvalue weighted by atomic mass is 16.5. The molecule has 0 aliphatic carbocycles. The highest BCUT2D eigenvalue weighted by Crippen LogP contribution is 2.30. The molecule has 0 bridgehead atoms. The molecular weight excluding hydrogens is 482 g/mol. The molecule has 2 aromatic carbocycles. The van der Waals surface area contributed by atoms with Gasteiger partial charge in [-0.25, -0.2) is 4.98 Å². The fraction of sp³-hybridized carbons (Fsp3) is 0.300. The summed E-state index contributed by atoms with van der Waals surface area (Å²) in [5.74, 6) is 0.402. The molecule has 4 rings (SSSR count). The first-order valence-electron chi connectivity index (χ1n) is 12.8. The molecule has 0 spiro atoms. The number of carbonyl (C=O) groups is 2. The number of nitrogens with zero attached hydrogens (tertiary/aromatic N) is 1. The number of para-hydroxylation sites is 1. The molecule has 0 aliphatic rings. The van der Waals surface area contributed by atoms with E-state index in [1.54, 1.807) is 12.1 Å². The fourth-order valence-corrected chi connectivity index (χ4v) is 4.12. The lowest BCUT2D eigenvalue weighted by Gasteiger charge is -2.25. The summed E-state index contributed by atoms with van der Waals surface area (Å²) in [6.45, 7) is 6.75. The second kappa shape index (κ2) is 12.3. The van der Waals surface area contributed by atoms with Crippen molar-refractivity contribution >= 4 is 28.5 Å². The number of fused-ring (bicyclic) bond motifs is 1. The topological polar surface area (TPSA) is 114 Å². The fourth-order valence-electron chi connectivity index (χ4n) is 4.12. The quantitative estimate of drug-likeness (QED) is 0.215. The number of ether oxygens (including phenoxy) is 1. The van der Waals surface area contributed by atoms with Crippen molar-refractivity contribution in [2.75, 3.05) is 18.5 Å². The van der Waals surface area contributed by atoms with Crippen molar-refractivity contribution in [2.24, 2.45) is 5.92 Å². The summed E-state index contributed by atoms with van der Waals surface area (Å²) in [7, 11) is 0. The smallest absolute Gasteiger partial charge is 0.305 e. The van der Waals surface area contributed by atoms with Crippen LogP contribution in [0.2, 0.25) is 0 Å². The number of carbonyl (C=O) groups excluding carboxylic acids is 1. The molecule has 0 radical (unpaired) electrons. The normalized spacial score (nSPS) is 12.6. The summed E-state index contributed by atoms with van der Waals surface area (Å²) >= 11 is 0. The van der Waals surface area contributed by atoms with Gasteiger partial charge >= 0.3 is 5.97 Å². The average molecular weight is 516 g/mol. The number of aryl methyl sites for hydroxylation is 1. The summed E-state index contributed by atoms with van der Waals surface area (Å²) < 4.78 is 12.1. The minimum atomic E-state index is -0.948. The van der Waals surface area contributed by atoms with Gasteiger partial charge in [0.25, 0.3) is 5.91 Å². The van der Waals surface area contributed by atoms with Gasteiger partial charge in [-0.15, -0.1) is 0 Å². The van der Waals surface area contributed by atoms with Crippen LogP contribution in [-0.4, -0.2) is 41.2 Å². The van der Waals surface area contributed by atoms with Gasteiger partial charge in [0.1, 0.15) is 18.0 Å². The summed E-state index contributed by atoms with van der Waals surface area (Å²) in [5, 5.41) is 15.9. The molecule has 4 aromatic rings. The Morgan fingerprint density at radius 3 is 2.53 bits per heavy atom. The van der Waals surface area contributed by atoms with Gasteiger partial charge in [-0.1, -0.05) is 38.5 Å². The van der Waals surface area contributed by atoms with Gasteiger partial charge in [-0.05, 0) is 55.3 Å². The van der Waals surface area contributed by atoms with Crippen LogP contribution in [0.15, 0.2) is 71.1 Å². The molecule has 198 valence electrons. The number of benzene rings is 2. The molecule has 2 unspecified atom stereocenters. The lowest BCUT2D eigenvalue weighted by Crippen LogP contribution is -2.33. The molecule has 0 aliphatic heterocycles. The van der Waals surface area contributed by atoms with Crippen LogP contribution in [0.1, 0.15) is 42.7 Å². The number of furan rings is 1. The number of carboxylic acid groups (broad SMARTS) is 1. The van der Waals surface area contributed by atoms with E-state index in [1.807, 2.05) is 61.5 Å². The van der Waals surface area contributed by atoms with E-state index in [1.165, 1.54) is 0 Å². The van der Waals surface area contributed by atoms with Gasteiger partial charge in [0.15, 0.2) is 0 Å². The van der Waals surface area contributed by atoms with Crippen LogP contribution >= 0.6 is 0 Å². The first-order chi connectivity index (χ1) is 18.3. The van der Waals surface area contributed by atoms with Crippen molar-refractivity contribution in [2.45, 2.75) is 39.7 Å². The molecule has 2 heterocycles. The number of rotatable bonds is 12. The molecule has 0 saturated heterocycles. The SMILES string of the molecule is CCC(C)C(COc1ccc(-c2cc3ccccc3o2)c(C)n1)Nc1ccc(C(=O)NCCC(=O)O)cc1. The van der Waals surface area contributed by atoms with E-state index in [9.17, 15) is 9.59 Å². The number of pyridine rings is 1. The third-order valence-electron chi connectivity index (χ3n) is 6.62. The van der Waals surface area contributed by atoms with Crippen molar-refractivity contribution in [1.82, 2.24) is 10.3 Å². The Morgan fingerprint density at radius 1 is 1.08 bits per heavy atom. The average Bonchev–Trinajstić information content (AvgIpc) is 3.34. The van der Waals surface area contributed by atoms with Crippen LogP contribution in [0.4, 0.5) is 5.69 Å². The molecule has 0 saturated carbocycles. The summed E-state index contributed by atoms with van der Waals surface area (Å²) in [4.78, 5) is 27.5. The van der Waals surface area contributed by atoms with Crippen molar-refractivity contribution in [1.29, 1.82) is 0 Å². The second-order valence-electron chi connectivity index (χ2n) is 9.36. The van der Waals surface area contributed by atoms with Crippen LogP contribution in [0.3, 0.4) is 0 Å². The predicted octanol–water partition coefficient (Wildman–Crippen LogP) is 5.91. The van der Waals surface area contributed by atoms with E-state index in [0.29, 0.717) is 24.0 Å². The molecule has 2 aromatic heterocycles. The van der Waals surface area contributed by atoms with E-state index in [-0.39, 0.29) is 24.9 Å². The van der Waals surface area contributed by atoms with E-state index >= 15 is 0 Å². The van der Waals surface area contributed by atoms with E-state index in [0.717, 1.165) is 40.1 Å². The number of nitrogens with one attached hydrogen (secondary N) is 2. The number of anilines is 1. The number of amides is 1. The standard InChI is InChI=1S/C30H33N3O5/c1-4-19(2)25(33-23-11-9-21(10-12-23)30(36)31-16-15-29(34)35)18-37-28-14-13-24(20(3)32-28)27-17-22-7-5-6-8-26(22)38-27/h5-14,17,19,25,33H,4,15-16,18H2,1-3H3,(H,31,36)(H,34,35). The zero-order valence-corrected chi connectivity index (χ0v) is 21.9. The molecule has 0 fully saturated rings. The van der Waals surface area contributed by atoms with E-state index in [2.05, 4.69) is 29.5 Å². The number of hydrogen-bond acceptors (Lipinski definition) is 6. The molecule has 8 heteroatoms. The zero-order chi connectivity index (χ0) is 27.1. The van der Waals surface area contributed by atoms with Crippen molar-refractivity contribution in [3.8, 4) is 17.2 Å². The Morgan fingerprint density at radius 2 is 1.84 bits per heavy atom. The first-order valence-corrected chi connectivity index (χ1v) is 12.8. The van der Waals surface area contributed by atoms with Gasteiger partial charge in [-0.2, -0.15) is 0 Å². The summed E-state index contributed by atoms with van der Waals surface area (Å²) in [6.07, 6.45) is 0.849. The maximum Gasteiger partial charge on any atom is 0.305 e. The molecule has 3 N–H and O–H groups in total. The maximum absolute atomic E-state index is 12.2. The maximum atomic E-state index is 12.2. The molecular formula is C30H33N3O5. The highest BCUT2D eigenvalue weighted by Gasteiger charge is 2.18. The lowest BCUT2D eigenvalue weighted by molar-refractivity contribution is -0.136. The Kier molecular flexibility index (Phi) is 8.63. The van der Waals surface area contributed by atoms with E-state index < -0.39 is 5.97 Å². The number of aliphatic carboxylic acids is 1. The van der Waals surface area contributed by atoms with Crippen LogP contribution in [0, 0.1) is 12.8 Å². The third-order valence-corrected chi connectivity index (χ3v) is 6.62. The van der Waals surface area contributed by atoms with Gasteiger partial charge < -0.3 is 24.9 Å². The molecule has 1 amide bonds. The van der Waals surface area contributed by atoms with Crippen molar-refractivity contribution in [3.63, 3.8) is 0 Å².